The zero-order valence-electron chi connectivity index (χ0n) is 10.4. The zero-order chi connectivity index (χ0) is 13.3. The summed E-state index contributed by atoms with van der Waals surface area (Å²) in [6, 6.07) is 8.75. The summed E-state index contributed by atoms with van der Waals surface area (Å²) in [6.45, 7) is 4.15. The van der Waals surface area contributed by atoms with Crippen molar-refractivity contribution in [1.29, 1.82) is 0 Å². The van der Waals surface area contributed by atoms with Gasteiger partial charge in [-0.05, 0) is 11.5 Å². The maximum Gasteiger partial charge on any atom is 0.296 e. The molecule has 18 heavy (non-hydrogen) atoms. The lowest BCUT2D eigenvalue weighted by Gasteiger charge is -2.16. The number of imide groups is 1. The first-order valence-electron chi connectivity index (χ1n) is 5.87. The minimum Gasteiger partial charge on any atom is -0.502 e. The fourth-order valence-electron chi connectivity index (χ4n) is 1.96. The van der Waals surface area contributed by atoms with Gasteiger partial charge in [0.15, 0.2) is 5.76 Å². The molecule has 1 N–H and O–H groups in total. The molecule has 4 nitrogen and oxygen atoms in total. The molecule has 0 aromatic heterocycles. The summed E-state index contributed by atoms with van der Waals surface area (Å²) in [5, 5.41) is 9.83. The van der Waals surface area contributed by atoms with E-state index in [0.717, 1.165) is 4.90 Å². The van der Waals surface area contributed by atoms with Crippen molar-refractivity contribution >= 4 is 17.4 Å². The van der Waals surface area contributed by atoms with E-state index in [1.807, 2.05) is 19.9 Å². The van der Waals surface area contributed by atoms with E-state index in [1.165, 1.54) is 0 Å². The average molecular weight is 245 g/mol. The molecular formula is C14H15NO3. The first-order chi connectivity index (χ1) is 8.52. The number of amides is 2. The molecule has 94 valence electrons. The Kier molecular flexibility index (Phi) is 3.19. The second-order valence-corrected chi connectivity index (χ2v) is 4.70. The summed E-state index contributed by atoms with van der Waals surface area (Å²) in [7, 11) is 0. The topological polar surface area (TPSA) is 57.6 Å². The Morgan fingerprint density at radius 1 is 1.11 bits per heavy atom. The lowest BCUT2D eigenvalue weighted by Crippen LogP contribution is -2.34. The molecule has 1 aliphatic rings. The monoisotopic (exact) mass is 245 g/mol. The highest BCUT2D eigenvalue weighted by molar-refractivity contribution is 6.34. The lowest BCUT2D eigenvalue weighted by atomic mass is 10.1. The SMILES string of the molecule is CC(C)CN1C(=O)C(O)=C(c2ccccc2)C1=O. The maximum absolute atomic E-state index is 12.1. The largest absolute Gasteiger partial charge is 0.502 e. The molecule has 1 aromatic carbocycles. The number of nitrogens with zero attached hydrogens (tertiary/aromatic N) is 1. The van der Waals surface area contributed by atoms with E-state index in [9.17, 15) is 14.7 Å². The van der Waals surface area contributed by atoms with Gasteiger partial charge in [-0.15, -0.1) is 0 Å². The molecule has 0 saturated carbocycles. The third kappa shape index (κ3) is 2.01. The van der Waals surface area contributed by atoms with Crippen molar-refractivity contribution in [3.05, 3.63) is 41.7 Å². The Morgan fingerprint density at radius 3 is 2.28 bits per heavy atom. The van der Waals surface area contributed by atoms with Crippen LogP contribution in [0.5, 0.6) is 0 Å². The molecule has 4 heteroatoms. The summed E-state index contributed by atoms with van der Waals surface area (Å²) in [5.41, 5.74) is 0.667. The van der Waals surface area contributed by atoms with Crippen LogP contribution >= 0.6 is 0 Å². The zero-order valence-corrected chi connectivity index (χ0v) is 10.4. The van der Waals surface area contributed by atoms with E-state index in [4.69, 9.17) is 0 Å². The molecule has 0 saturated heterocycles. The molecule has 0 bridgehead atoms. The van der Waals surface area contributed by atoms with Crippen LogP contribution in [0.2, 0.25) is 0 Å². The second-order valence-electron chi connectivity index (χ2n) is 4.70. The fourth-order valence-corrected chi connectivity index (χ4v) is 1.96. The molecule has 0 unspecified atom stereocenters. The second kappa shape index (κ2) is 4.64. The smallest absolute Gasteiger partial charge is 0.296 e. The van der Waals surface area contributed by atoms with Gasteiger partial charge in [0.2, 0.25) is 0 Å². The van der Waals surface area contributed by atoms with Crippen molar-refractivity contribution < 1.29 is 14.7 Å². The van der Waals surface area contributed by atoms with Crippen LogP contribution in [0, 0.1) is 5.92 Å². The van der Waals surface area contributed by atoms with Crippen LogP contribution in [-0.4, -0.2) is 28.4 Å². The predicted octanol–water partition coefficient (Wildman–Crippen LogP) is 1.98. The van der Waals surface area contributed by atoms with Gasteiger partial charge >= 0.3 is 0 Å². The number of hydrogen-bond acceptors (Lipinski definition) is 3. The number of rotatable bonds is 3. The van der Waals surface area contributed by atoms with E-state index in [-0.39, 0.29) is 11.5 Å². The molecule has 1 aliphatic heterocycles. The lowest BCUT2D eigenvalue weighted by molar-refractivity contribution is -0.138. The Balaban J connectivity index is 2.38. The average Bonchev–Trinajstić information content (AvgIpc) is 2.54. The molecule has 0 radical (unpaired) electrons. The fraction of sp³-hybridized carbons (Fsp3) is 0.286. The van der Waals surface area contributed by atoms with Gasteiger partial charge < -0.3 is 5.11 Å². The Hall–Kier alpha value is -2.10. The molecule has 0 spiro atoms. The normalized spacial score (nSPS) is 16.1. The quantitative estimate of drug-likeness (QED) is 0.828. The molecule has 0 fully saturated rings. The Morgan fingerprint density at radius 2 is 1.72 bits per heavy atom. The molecule has 2 amide bonds. The highest BCUT2D eigenvalue weighted by Crippen LogP contribution is 2.28. The minimum absolute atomic E-state index is 0.0984. The third-order valence-electron chi connectivity index (χ3n) is 2.75. The van der Waals surface area contributed by atoms with Gasteiger partial charge in [-0.2, -0.15) is 0 Å². The van der Waals surface area contributed by atoms with Crippen molar-refractivity contribution in [1.82, 2.24) is 4.90 Å². The number of benzene rings is 1. The number of hydrogen-bond donors (Lipinski definition) is 1. The maximum atomic E-state index is 12.1. The van der Waals surface area contributed by atoms with Gasteiger partial charge in [0, 0.05) is 6.54 Å². The van der Waals surface area contributed by atoms with Gasteiger partial charge in [-0.3, -0.25) is 14.5 Å². The summed E-state index contributed by atoms with van der Waals surface area (Å²) in [5.74, 6) is -1.31. The van der Waals surface area contributed by atoms with Crippen molar-refractivity contribution in [2.24, 2.45) is 5.92 Å². The molecule has 0 aliphatic carbocycles. The molecule has 1 aromatic rings. The number of aliphatic hydroxyl groups is 1. The number of carbonyl (C=O) groups is 2. The summed E-state index contributed by atoms with van der Waals surface area (Å²) in [4.78, 5) is 25.1. The molecule has 1 heterocycles. The van der Waals surface area contributed by atoms with Crippen LogP contribution in [0.1, 0.15) is 19.4 Å². The Labute approximate surface area is 106 Å². The minimum atomic E-state index is -0.604. The van der Waals surface area contributed by atoms with E-state index in [1.54, 1.807) is 24.3 Å². The van der Waals surface area contributed by atoms with Crippen molar-refractivity contribution in [3.63, 3.8) is 0 Å². The molecule has 0 atom stereocenters. The Bertz CT molecular complexity index is 517. The molecular weight excluding hydrogens is 230 g/mol. The van der Waals surface area contributed by atoms with Crippen LogP contribution in [0.15, 0.2) is 36.1 Å². The van der Waals surface area contributed by atoms with Crippen LogP contribution in [0.4, 0.5) is 0 Å². The van der Waals surface area contributed by atoms with Crippen molar-refractivity contribution in [2.45, 2.75) is 13.8 Å². The van der Waals surface area contributed by atoms with Crippen LogP contribution < -0.4 is 0 Å². The predicted molar refractivity (Wildman–Crippen MR) is 67.5 cm³/mol. The third-order valence-corrected chi connectivity index (χ3v) is 2.75. The van der Waals surface area contributed by atoms with Crippen LogP contribution in [0.3, 0.4) is 0 Å². The highest BCUT2D eigenvalue weighted by Gasteiger charge is 2.39. The van der Waals surface area contributed by atoms with Gasteiger partial charge in [-0.1, -0.05) is 44.2 Å². The number of aliphatic hydroxyl groups excluding tert-OH is 1. The number of carbonyl (C=O) groups excluding carboxylic acids is 2. The van der Waals surface area contributed by atoms with Crippen LogP contribution in [0.25, 0.3) is 5.57 Å². The van der Waals surface area contributed by atoms with Gasteiger partial charge in [-0.25, -0.2) is 0 Å². The standard InChI is InChI=1S/C14H15NO3/c1-9(2)8-15-13(17)11(12(16)14(15)18)10-6-4-3-5-7-10/h3-7,9,16H,8H2,1-2H3. The summed E-state index contributed by atoms with van der Waals surface area (Å²) in [6.07, 6.45) is 0. The van der Waals surface area contributed by atoms with E-state index >= 15 is 0 Å². The molecule has 2 rings (SSSR count). The van der Waals surface area contributed by atoms with Crippen molar-refractivity contribution in [3.8, 4) is 0 Å². The van der Waals surface area contributed by atoms with Gasteiger partial charge in [0.25, 0.3) is 11.8 Å². The van der Waals surface area contributed by atoms with Crippen molar-refractivity contribution in [2.75, 3.05) is 6.54 Å². The van der Waals surface area contributed by atoms with E-state index in [2.05, 4.69) is 0 Å². The van der Waals surface area contributed by atoms with Gasteiger partial charge in [0.05, 0.1) is 5.57 Å². The first-order valence-corrected chi connectivity index (χ1v) is 5.87. The first kappa shape index (κ1) is 12.4. The summed E-state index contributed by atoms with van der Waals surface area (Å²) < 4.78 is 0. The highest BCUT2D eigenvalue weighted by atomic mass is 16.3. The van der Waals surface area contributed by atoms with Crippen LogP contribution in [-0.2, 0) is 9.59 Å². The summed E-state index contributed by atoms with van der Waals surface area (Å²) >= 11 is 0. The van der Waals surface area contributed by atoms with E-state index < -0.39 is 17.6 Å². The van der Waals surface area contributed by atoms with E-state index in [0.29, 0.717) is 12.1 Å². The van der Waals surface area contributed by atoms with Gasteiger partial charge in [0.1, 0.15) is 0 Å².